The Hall–Kier alpha value is -2.21. The van der Waals surface area contributed by atoms with E-state index >= 15 is 0 Å². The van der Waals surface area contributed by atoms with Crippen molar-refractivity contribution in [3.05, 3.63) is 42.5 Å². The van der Waals surface area contributed by atoms with Crippen LogP contribution in [0.25, 0.3) is 5.69 Å². The third-order valence-corrected chi connectivity index (χ3v) is 3.80. The molecule has 0 radical (unpaired) electrons. The van der Waals surface area contributed by atoms with Gasteiger partial charge in [-0.15, -0.1) is 10.2 Å². The van der Waals surface area contributed by atoms with Crippen LogP contribution in [0.4, 0.5) is 0 Å². The molecule has 1 fully saturated rings. The van der Waals surface area contributed by atoms with Crippen LogP contribution in [-0.2, 0) is 16.0 Å². The smallest absolute Gasteiger partial charge is 0.224 e. The first kappa shape index (κ1) is 14.7. The Bertz CT molecular complexity index is 635. The summed E-state index contributed by atoms with van der Waals surface area (Å²) in [5, 5.41) is 10.6. The maximum atomic E-state index is 12.1. The molecule has 0 aliphatic carbocycles. The summed E-state index contributed by atoms with van der Waals surface area (Å²) in [5.41, 5.74) is 1.81. The number of ether oxygens (including phenoxy) is 1. The summed E-state index contributed by atoms with van der Waals surface area (Å²) in [6.45, 7) is 4.68. The van der Waals surface area contributed by atoms with Gasteiger partial charge in [-0.2, -0.15) is 0 Å². The number of rotatable bonds is 4. The lowest BCUT2D eigenvalue weighted by atomic mass is 10.0. The molecule has 1 aromatic carbocycles. The Morgan fingerprint density at radius 2 is 2.00 bits per heavy atom. The van der Waals surface area contributed by atoms with Crippen LogP contribution in [0.2, 0.25) is 0 Å². The normalized spacial score (nSPS) is 20.0. The van der Waals surface area contributed by atoms with E-state index in [0.29, 0.717) is 13.0 Å². The number of benzene rings is 1. The molecule has 0 saturated carbocycles. The van der Waals surface area contributed by atoms with Gasteiger partial charge in [0.05, 0.1) is 24.7 Å². The lowest BCUT2D eigenvalue weighted by molar-refractivity contribution is -0.121. The fourth-order valence-electron chi connectivity index (χ4n) is 2.71. The minimum Gasteiger partial charge on any atom is -0.373 e. The first-order valence-corrected chi connectivity index (χ1v) is 7.39. The Kier molecular flexibility index (Phi) is 3.94. The fourth-order valence-corrected chi connectivity index (χ4v) is 2.71. The maximum Gasteiger partial charge on any atom is 0.224 e. The van der Waals surface area contributed by atoms with E-state index < -0.39 is 0 Å². The first-order chi connectivity index (χ1) is 10.5. The van der Waals surface area contributed by atoms with E-state index in [9.17, 15) is 4.79 Å². The van der Waals surface area contributed by atoms with Gasteiger partial charge < -0.3 is 10.1 Å². The number of hydrogen-bond acceptors (Lipinski definition) is 4. The highest BCUT2D eigenvalue weighted by molar-refractivity contribution is 5.79. The van der Waals surface area contributed by atoms with Gasteiger partial charge in [0.15, 0.2) is 0 Å². The number of hydrogen-bond donors (Lipinski definition) is 1. The van der Waals surface area contributed by atoms with Gasteiger partial charge in [0, 0.05) is 5.69 Å². The van der Waals surface area contributed by atoms with E-state index in [-0.39, 0.29) is 17.6 Å². The summed E-state index contributed by atoms with van der Waals surface area (Å²) >= 11 is 0. The molecular weight excluding hydrogens is 280 g/mol. The van der Waals surface area contributed by atoms with Crippen LogP contribution in [0.15, 0.2) is 36.9 Å². The molecular formula is C16H20N4O2. The lowest BCUT2D eigenvalue weighted by Gasteiger charge is -2.16. The van der Waals surface area contributed by atoms with Crippen molar-refractivity contribution >= 4 is 5.91 Å². The number of nitrogens with zero attached hydrogens (tertiary/aromatic N) is 3. The molecule has 0 bridgehead atoms. The number of carbonyl (C=O) groups excluding carboxylic acids is 1. The minimum absolute atomic E-state index is 0.0309. The fraction of sp³-hybridized carbons (Fsp3) is 0.438. The highest BCUT2D eigenvalue weighted by Gasteiger charge is 2.32. The van der Waals surface area contributed by atoms with Crippen LogP contribution in [0.1, 0.15) is 25.8 Å². The molecule has 2 aromatic rings. The van der Waals surface area contributed by atoms with E-state index in [2.05, 4.69) is 15.5 Å². The van der Waals surface area contributed by atoms with Crippen molar-refractivity contribution in [2.24, 2.45) is 0 Å². The molecule has 2 heterocycles. The lowest BCUT2D eigenvalue weighted by Crippen LogP contribution is -2.36. The number of nitrogens with one attached hydrogen (secondary N) is 1. The predicted molar refractivity (Wildman–Crippen MR) is 81.6 cm³/mol. The molecule has 6 nitrogen and oxygen atoms in total. The van der Waals surface area contributed by atoms with Gasteiger partial charge in [-0.25, -0.2) is 0 Å². The molecule has 6 heteroatoms. The zero-order valence-electron chi connectivity index (χ0n) is 12.8. The van der Waals surface area contributed by atoms with Crippen molar-refractivity contribution in [1.82, 2.24) is 20.1 Å². The molecule has 1 aliphatic heterocycles. The standard InChI is InChI=1S/C16H20N4O2/c1-16(2)8-13(9-22-16)19-15(21)7-12-3-5-14(6-4-12)20-10-17-18-11-20/h3-6,10-11,13H,7-9H2,1-2H3,(H,19,21)/t13-/m0/s1. The zero-order valence-corrected chi connectivity index (χ0v) is 12.8. The second-order valence-corrected chi connectivity index (χ2v) is 6.25. The molecule has 1 amide bonds. The zero-order chi connectivity index (χ0) is 15.6. The molecule has 1 N–H and O–H groups in total. The van der Waals surface area contributed by atoms with Crippen molar-refractivity contribution in [1.29, 1.82) is 0 Å². The van der Waals surface area contributed by atoms with Crippen molar-refractivity contribution < 1.29 is 9.53 Å². The van der Waals surface area contributed by atoms with Gasteiger partial charge in [-0.1, -0.05) is 12.1 Å². The summed E-state index contributed by atoms with van der Waals surface area (Å²) in [7, 11) is 0. The molecule has 116 valence electrons. The summed E-state index contributed by atoms with van der Waals surface area (Å²) in [4.78, 5) is 12.1. The van der Waals surface area contributed by atoms with Crippen LogP contribution < -0.4 is 5.32 Å². The van der Waals surface area contributed by atoms with Crippen molar-refractivity contribution in [3.8, 4) is 5.69 Å². The number of carbonyl (C=O) groups is 1. The summed E-state index contributed by atoms with van der Waals surface area (Å²) < 4.78 is 7.45. The second kappa shape index (κ2) is 5.88. The van der Waals surface area contributed by atoms with E-state index in [0.717, 1.165) is 17.7 Å². The van der Waals surface area contributed by atoms with Crippen LogP contribution in [0, 0.1) is 0 Å². The predicted octanol–water partition coefficient (Wildman–Crippen LogP) is 1.49. The van der Waals surface area contributed by atoms with Gasteiger partial charge in [-0.3, -0.25) is 9.36 Å². The Morgan fingerprint density at radius 1 is 1.32 bits per heavy atom. The SMILES string of the molecule is CC1(C)C[C@H](NC(=O)Cc2ccc(-n3cnnc3)cc2)CO1. The summed E-state index contributed by atoms with van der Waals surface area (Å²) in [6, 6.07) is 7.91. The number of aromatic nitrogens is 3. The highest BCUT2D eigenvalue weighted by atomic mass is 16.5. The maximum absolute atomic E-state index is 12.1. The molecule has 22 heavy (non-hydrogen) atoms. The van der Waals surface area contributed by atoms with Crippen molar-refractivity contribution in [2.45, 2.75) is 38.3 Å². The largest absolute Gasteiger partial charge is 0.373 e. The average molecular weight is 300 g/mol. The summed E-state index contributed by atoms with van der Waals surface area (Å²) in [6.07, 6.45) is 4.51. The number of amides is 1. The van der Waals surface area contributed by atoms with Crippen LogP contribution in [0.5, 0.6) is 0 Å². The van der Waals surface area contributed by atoms with E-state index in [1.807, 2.05) is 42.7 Å². The molecule has 1 aromatic heterocycles. The quantitative estimate of drug-likeness (QED) is 0.929. The average Bonchev–Trinajstić information content (AvgIpc) is 3.09. The highest BCUT2D eigenvalue weighted by Crippen LogP contribution is 2.24. The Labute approximate surface area is 129 Å². The molecule has 0 unspecified atom stereocenters. The molecule has 1 saturated heterocycles. The molecule has 1 atom stereocenters. The van der Waals surface area contributed by atoms with Gasteiger partial charge >= 0.3 is 0 Å². The Balaban J connectivity index is 1.56. The van der Waals surface area contributed by atoms with Gasteiger partial charge in [0.2, 0.25) is 5.91 Å². The van der Waals surface area contributed by atoms with Gasteiger partial charge in [0.1, 0.15) is 12.7 Å². The molecule has 3 rings (SSSR count). The third-order valence-electron chi connectivity index (χ3n) is 3.80. The minimum atomic E-state index is -0.140. The van der Waals surface area contributed by atoms with Crippen LogP contribution in [0.3, 0.4) is 0 Å². The first-order valence-electron chi connectivity index (χ1n) is 7.39. The summed E-state index contributed by atoms with van der Waals surface area (Å²) in [5.74, 6) is 0.0309. The Morgan fingerprint density at radius 3 is 2.59 bits per heavy atom. The van der Waals surface area contributed by atoms with Gasteiger partial charge in [0.25, 0.3) is 0 Å². The van der Waals surface area contributed by atoms with Crippen molar-refractivity contribution in [2.75, 3.05) is 6.61 Å². The monoisotopic (exact) mass is 300 g/mol. The third kappa shape index (κ3) is 3.51. The molecule has 1 aliphatic rings. The van der Waals surface area contributed by atoms with Crippen LogP contribution in [-0.4, -0.2) is 38.9 Å². The molecule has 0 spiro atoms. The van der Waals surface area contributed by atoms with Crippen LogP contribution >= 0.6 is 0 Å². The van der Waals surface area contributed by atoms with Gasteiger partial charge in [-0.05, 0) is 38.0 Å². The second-order valence-electron chi connectivity index (χ2n) is 6.25. The van der Waals surface area contributed by atoms with Crippen molar-refractivity contribution in [3.63, 3.8) is 0 Å². The van der Waals surface area contributed by atoms with E-state index in [1.54, 1.807) is 12.7 Å². The van der Waals surface area contributed by atoms with E-state index in [1.165, 1.54) is 0 Å². The topological polar surface area (TPSA) is 69.0 Å². The van der Waals surface area contributed by atoms with E-state index in [4.69, 9.17) is 4.74 Å².